The Morgan fingerprint density at radius 1 is 1.29 bits per heavy atom. The van der Waals surface area contributed by atoms with Gasteiger partial charge in [0.25, 0.3) is 0 Å². The van der Waals surface area contributed by atoms with Crippen molar-refractivity contribution in [3.8, 4) is 0 Å². The molecule has 1 unspecified atom stereocenters. The second-order valence-corrected chi connectivity index (χ2v) is 6.82. The molecule has 5 heteroatoms. The van der Waals surface area contributed by atoms with Crippen LogP contribution in [0.3, 0.4) is 0 Å². The highest BCUT2D eigenvalue weighted by atomic mass is 16.4. The third-order valence-electron chi connectivity index (χ3n) is 5.37. The lowest BCUT2D eigenvalue weighted by atomic mass is 9.71. The van der Waals surface area contributed by atoms with Gasteiger partial charge in [0.15, 0.2) is 0 Å². The first-order chi connectivity index (χ1) is 9.98. The second-order valence-electron chi connectivity index (χ2n) is 6.82. The summed E-state index contributed by atoms with van der Waals surface area (Å²) in [6, 6.07) is 0.232. The van der Waals surface area contributed by atoms with E-state index in [2.05, 4.69) is 19.2 Å². The molecule has 21 heavy (non-hydrogen) atoms. The van der Waals surface area contributed by atoms with Crippen molar-refractivity contribution in [1.29, 1.82) is 0 Å². The van der Waals surface area contributed by atoms with Crippen LogP contribution >= 0.6 is 0 Å². The molecule has 0 spiro atoms. The highest BCUT2D eigenvalue weighted by molar-refractivity contribution is 5.78. The van der Waals surface area contributed by atoms with Gasteiger partial charge in [-0.1, -0.05) is 13.8 Å². The standard InChI is InChI=1S/C16H28N2O3/c1-3-13-5-4-10-18(13)15(21)17-11-16(14(19)20)8-6-12(2)7-9-16/h12-13H,3-11H2,1-2H3,(H,17,21)(H,19,20). The largest absolute Gasteiger partial charge is 0.481 e. The fourth-order valence-corrected chi connectivity index (χ4v) is 3.65. The number of hydrogen-bond acceptors (Lipinski definition) is 2. The Labute approximate surface area is 127 Å². The van der Waals surface area contributed by atoms with Crippen molar-refractivity contribution in [2.75, 3.05) is 13.1 Å². The zero-order valence-electron chi connectivity index (χ0n) is 13.2. The first kappa shape index (κ1) is 16.1. The normalized spacial score (nSPS) is 33.0. The molecule has 2 amide bonds. The lowest BCUT2D eigenvalue weighted by Gasteiger charge is -2.36. The topological polar surface area (TPSA) is 69.6 Å². The van der Waals surface area contributed by atoms with E-state index in [-0.39, 0.29) is 12.6 Å². The molecule has 0 aromatic rings. The van der Waals surface area contributed by atoms with E-state index in [1.807, 2.05) is 4.90 Å². The number of hydrogen-bond donors (Lipinski definition) is 2. The lowest BCUT2D eigenvalue weighted by Crippen LogP contribution is -2.49. The molecule has 1 atom stereocenters. The minimum Gasteiger partial charge on any atom is -0.481 e. The molecular formula is C16H28N2O3. The Bertz CT molecular complexity index is 389. The third kappa shape index (κ3) is 3.50. The number of carboxylic acids is 1. The molecule has 2 N–H and O–H groups in total. The molecule has 0 radical (unpaired) electrons. The maximum absolute atomic E-state index is 12.3. The van der Waals surface area contributed by atoms with Gasteiger partial charge in [0.05, 0.1) is 5.41 Å². The Balaban J connectivity index is 1.93. The summed E-state index contributed by atoms with van der Waals surface area (Å²) in [6.07, 6.45) is 6.28. The van der Waals surface area contributed by atoms with Gasteiger partial charge in [0, 0.05) is 19.1 Å². The Kier molecular flexibility index (Phi) is 5.12. The average Bonchev–Trinajstić information content (AvgIpc) is 2.95. The molecule has 120 valence electrons. The summed E-state index contributed by atoms with van der Waals surface area (Å²) in [5.74, 6) is -0.167. The predicted octanol–water partition coefficient (Wildman–Crippen LogP) is 2.85. The van der Waals surface area contributed by atoms with E-state index < -0.39 is 11.4 Å². The van der Waals surface area contributed by atoms with Crippen molar-refractivity contribution in [2.45, 2.75) is 64.8 Å². The summed E-state index contributed by atoms with van der Waals surface area (Å²) in [7, 11) is 0. The number of aliphatic carboxylic acids is 1. The zero-order valence-corrected chi connectivity index (χ0v) is 13.2. The van der Waals surface area contributed by atoms with Crippen LogP contribution in [0.5, 0.6) is 0 Å². The maximum atomic E-state index is 12.3. The van der Waals surface area contributed by atoms with E-state index in [4.69, 9.17) is 0 Å². The molecule has 0 aromatic carbocycles. The summed E-state index contributed by atoms with van der Waals surface area (Å²) < 4.78 is 0. The van der Waals surface area contributed by atoms with Crippen LogP contribution in [-0.2, 0) is 4.79 Å². The maximum Gasteiger partial charge on any atom is 0.317 e. The first-order valence-electron chi connectivity index (χ1n) is 8.26. The van der Waals surface area contributed by atoms with Gasteiger partial charge in [-0.25, -0.2) is 4.79 Å². The van der Waals surface area contributed by atoms with Crippen LogP contribution in [0, 0.1) is 11.3 Å². The summed E-state index contributed by atoms with van der Waals surface area (Å²) in [4.78, 5) is 25.9. The number of carbonyl (C=O) groups is 2. The van der Waals surface area contributed by atoms with E-state index in [1.165, 1.54) is 0 Å². The van der Waals surface area contributed by atoms with E-state index in [0.717, 1.165) is 38.6 Å². The summed E-state index contributed by atoms with van der Waals surface area (Å²) in [6.45, 7) is 5.32. The number of rotatable bonds is 4. The third-order valence-corrected chi connectivity index (χ3v) is 5.37. The number of carboxylic acid groups (broad SMARTS) is 1. The number of likely N-dealkylation sites (tertiary alicyclic amines) is 1. The zero-order chi connectivity index (χ0) is 15.5. The average molecular weight is 296 g/mol. The van der Waals surface area contributed by atoms with Crippen LogP contribution in [0.25, 0.3) is 0 Å². The lowest BCUT2D eigenvalue weighted by molar-refractivity contribution is -0.151. The molecule has 5 nitrogen and oxygen atoms in total. The van der Waals surface area contributed by atoms with Gasteiger partial charge in [0.2, 0.25) is 0 Å². The molecule has 2 fully saturated rings. The summed E-state index contributed by atoms with van der Waals surface area (Å²) >= 11 is 0. The van der Waals surface area contributed by atoms with Crippen LogP contribution in [0.4, 0.5) is 4.79 Å². The van der Waals surface area contributed by atoms with E-state index in [9.17, 15) is 14.7 Å². The first-order valence-corrected chi connectivity index (χ1v) is 8.26. The molecule has 0 aromatic heterocycles. The van der Waals surface area contributed by atoms with Gasteiger partial charge in [-0.3, -0.25) is 4.79 Å². The van der Waals surface area contributed by atoms with E-state index in [0.29, 0.717) is 24.8 Å². The Morgan fingerprint density at radius 2 is 1.95 bits per heavy atom. The van der Waals surface area contributed by atoms with Crippen molar-refractivity contribution in [2.24, 2.45) is 11.3 Å². The smallest absolute Gasteiger partial charge is 0.317 e. The quantitative estimate of drug-likeness (QED) is 0.838. The van der Waals surface area contributed by atoms with Crippen molar-refractivity contribution in [3.63, 3.8) is 0 Å². The van der Waals surface area contributed by atoms with Gasteiger partial charge >= 0.3 is 12.0 Å². The number of carbonyl (C=O) groups excluding carboxylic acids is 1. The molecule has 1 aliphatic carbocycles. The van der Waals surface area contributed by atoms with Crippen LogP contribution in [-0.4, -0.2) is 41.1 Å². The van der Waals surface area contributed by atoms with Gasteiger partial charge < -0.3 is 15.3 Å². The fraction of sp³-hybridized carbons (Fsp3) is 0.875. The number of urea groups is 1. The number of nitrogens with one attached hydrogen (secondary N) is 1. The van der Waals surface area contributed by atoms with Crippen LogP contribution in [0.2, 0.25) is 0 Å². The molecule has 1 heterocycles. The molecule has 1 saturated heterocycles. The SMILES string of the molecule is CCC1CCCN1C(=O)NCC1(C(=O)O)CCC(C)CC1. The fourth-order valence-electron chi connectivity index (χ4n) is 3.65. The van der Waals surface area contributed by atoms with Crippen LogP contribution in [0.15, 0.2) is 0 Å². The highest BCUT2D eigenvalue weighted by Gasteiger charge is 2.42. The van der Waals surface area contributed by atoms with Crippen molar-refractivity contribution >= 4 is 12.0 Å². The van der Waals surface area contributed by atoms with Gasteiger partial charge in [-0.15, -0.1) is 0 Å². The van der Waals surface area contributed by atoms with E-state index >= 15 is 0 Å². The Hall–Kier alpha value is -1.26. The van der Waals surface area contributed by atoms with Crippen LogP contribution < -0.4 is 5.32 Å². The van der Waals surface area contributed by atoms with Gasteiger partial charge in [-0.05, 0) is 50.9 Å². The predicted molar refractivity (Wildman–Crippen MR) is 81.1 cm³/mol. The summed E-state index contributed by atoms with van der Waals surface area (Å²) in [5.41, 5.74) is -0.760. The van der Waals surface area contributed by atoms with Crippen molar-refractivity contribution < 1.29 is 14.7 Å². The minimum absolute atomic E-state index is 0.0846. The molecule has 2 aliphatic rings. The van der Waals surface area contributed by atoms with Gasteiger partial charge in [-0.2, -0.15) is 0 Å². The number of nitrogens with zero attached hydrogens (tertiary/aromatic N) is 1. The minimum atomic E-state index is -0.761. The van der Waals surface area contributed by atoms with E-state index in [1.54, 1.807) is 0 Å². The van der Waals surface area contributed by atoms with Gasteiger partial charge in [0.1, 0.15) is 0 Å². The molecule has 1 saturated carbocycles. The molecule has 0 bridgehead atoms. The summed E-state index contributed by atoms with van der Waals surface area (Å²) in [5, 5.41) is 12.5. The number of amides is 2. The molecule has 1 aliphatic heterocycles. The molecular weight excluding hydrogens is 268 g/mol. The van der Waals surface area contributed by atoms with Crippen LogP contribution in [0.1, 0.15) is 58.8 Å². The highest BCUT2D eigenvalue weighted by Crippen LogP contribution is 2.38. The monoisotopic (exact) mass is 296 g/mol. The van der Waals surface area contributed by atoms with Crippen molar-refractivity contribution in [3.05, 3.63) is 0 Å². The Morgan fingerprint density at radius 3 is 2.52 bits per heavy atom. The van der Waals surface area contributed by atoms with Crippen molar-refractivity contribution in [1.82, 2.24) is 10.2 Å². The second kappa shape index (κ2) is 6.67. The molecule has 2 rings (SSSR count).